The molecular weight excluding hydrogens is 247 g/mol. The van der Waals surface area contributed by atoms with Crippen molar-refractivity contribution < 1.29 is 9.77 Å². The van der Waals surface area contributed by atoms with Crippen molar-refractivity contribution in [2.75, 3.05) is 0 Å². The SMILES string of the molecule is Cc1n([O])c(=S)[se]c(=S)[n+]1C. The van der Waals surface area contributed by atoms with Crippen LogP contribution in [-0.2, 0) is 12.3 Å². The fourth-order valence-electron chi connectivity index (χ4n) is 0.585. The summed E-state index contributed by atoms with van der Waals surface area (Å²) in [5.41, 5.74) is 0. The third-order valence-corrected chi connectivity index (χ3v) is 4.35. The minimum absolute atomic E-state index is 0.124. The van der Waals surface area contributed by atoms with Crippen LogP contribution in [0, 0.1) is 14.0 Å². The Hall–Kier alpha value is -0.0305. The predicted octanol–water partition coefficient (Wildman–Crippen LogP) is 0.331. The van der Waals surface area contributed by atoms with E-state index in [2.05, 4.69) is 0 Å². The van der Waals surface area contributed by atoms with E-state index in [4.69, 9.17) is 24.4 Å². The van der Waals surface area contributed by atoms with Crippen molar-refractivity contribution in [1.82, 2.24) is 4.73 Å². The summed E-state index contributed by atoms with van der Waals surface area (Å²) >= 11 is 9.73. The Balaban J connectivity index is 3.73. The molecule has 0 aliphatic rings. The molecule has 0 spiro atoms. The first-order valence-corrected chi connectivity index (χ1v) is 5.37. The first-order valence-electron chi connectivity index (χ1n) is 2.84. The summed E-state index contributed by atoms with van der Waals surface area (Å²) in [5, 5.41) is 11.1. The molecule has 0 amide bonds. The number of hydrogen-bond donors (Lipinski definition) is 0. The molecule has 0 aliphatic heterocycles. The monoisotopic (exact) mass is 254 g/mol. The van der Waals surface area contributed by atoms with Crippen LogP contribution in [0.3, 0.4) is 0 Å². The van der Waals surface area contributed by atoms with Crippen LogP contribution >= 0.6 is 24.4 Å². The van der Waals surface area contributed by atoms with Crippen LogP contribution in [0.4, 0.5) is 0 Å². The Morgan fingerprint density at radius 1 is 1.55 bits per heavy atom. The number of hydrogen-bond acceptors (Lipinski definition) is 2. The molecule has 0 aromatic carbocycles. The van der Waals surface area contributed by atoms with Gasteiger partial charge in [0.25, 0.3) is 0 Å². The first kappa shape index (κ1) is 9.06. The Bertz CT molecular complexity index is 360. The van der Waals surface area contributed by atoms with Gasteiger partial charge in [0.05, 0.1) is 0 Å². The Morgan fingerprint density at radius 2 is 2.09 bits per heavy atom. The van der Waals surface area contributed by atoms with Gasteiger partial charge < -0.3 is 0 Å². The summed E-state index contributed by atoms with van der Waals surface area (Å²) in [7, 11) is 1.78. The second-order valence-corrected chi connectivity index (χ2v) is 6.03. The molecule has 1 radical (unpaired) electrons. The Morgan fingerprint density at radius 3 is 2.64 bits per heavy atom. The molecule has 1 rings (SSSR count). The van der Waals surface area contributed by atoms with Crippen LogP contribution in [0.2, 0.25) is 0 Å². The molecule has 0 unspecified atom stereocenters. The molecule has 59 valence electrons. The van der Waals surface area contributed by atoms with E-state index < -0.39 is 0 Å². The van der Waals surface area contributed by atoms with Crippen molar-refractivity contribution in [2.45, 2.75) is 6.92 Å². The fourth-order valence-corrected chi connectivity index (χ4v) is 3.27. The van der Waals surface area contributed by atoms with Gasteiger partial charge in [-0.25, -0.2) is 0 Å². The van der Waals surface area contributed by atoms with E-state index in [1.54, 1.807) is 18.5 Å². The Kier molecular flexibility index (Phi) is 2.59. The average molecular weight is 253 g/mol. The topological polar surface area (TPSA) is 28.7 Å². The van der Waals surface area contributed by atoms with E-state index in [9.17, 15) is 5.21 Å². The van der Waals surface area contributed by atoms with Gasteiger partial charge in [0, 0.05) is 0 Å². The van der Waals surface area contributed by atoms with E-state index >= 15 is 0 Å². The molecule has 0 N–H and O–H groups in total. The van der Waals surface area contributed by atoms with Crippen LogP contribution in [0.5, 0.6) is 0 Å². The van der Waals surface area contributed by atoms with Crippen LogP contribution in [0.15, 0.2) is 0 Å². The number of nitrogens with zero attached hydrogens (tertiary/aromatic N) is 2. The van der Waals surface area contributed by atoms with Crippen LogP contribution in [0.1, 0.15) is 5.82 Å². The summed E-state index contributed by atoms with van der Waals surface area (Å²) < 4.78 is 3.66. The molecule has 6 heteroatoms. The number of aromatic nitrogens is 2. The van der Waals surface area contributed by atoms with Gasteiger partial charge in [-0.1, -0.05) is 0 Å². The van der Waals surface area contributed by atoms with Gasteiger partial charge in [0.1, 0.15) is 0 Å². The summed E-state index contributed by atoms with van der Waals surface area (Å²) in [6, 6.07) is 0. The molecular formula is C5H6N2OS2Se+. The molecule has 1 heterocycles. The minimum atomic E-state index is -0.124. The zero-order chi connectivity index (χ0) is 8.59. The van der Waals surface area contributed by atoms with Crippen molar-refractivity contribution in [3.05, 3.63) is 12.9 Å². The quantitative estimate of drug-likeness (QED) is 0.379. The van der Waals surface area contributed by atoms with Gasteiger partial charge in [-0.3, -0.25) is 0 Å². The average Bonchev–Trinajstić information content (AvgIpc) is 1.97. The van der Waals surface area contributed by atoms with Gasteiger partial charge in [-0.2, -0.15) is 0 Å². The molecule has 11 heavy (non-hydrogen) atoms. The molecule has 0 aliphatic carbocycles. The molecule has 1 aromatic heterocycles. The molecule has 1 aromatic rings. The number of rotatable bonds is 0. The fraction of sp³-hybridized carbons (Fsp3) is 0.400. The molecule has 0 saturated carbocycles. The van der Waals surface area contributed by atoms with Crippen molar-refractivity contribution in [3.8, 4) is 0 Å². The van der Waals surface area contributed by atoms with Crippen LogP contribution in [0.25, 0.3) is 0 Å². The summed E-state index contributed by atoms with van der Waals surface area (Å²) in [6.45, 7) is 1.71. The zero-order valence-electron chi connectivity index (χ0n) is 6.03. The van der Waals surface area contributed by atoms with Crippen LogP contribution < -0.4 is 4.57 Å². The van der Waals surface area contributed by atoms with E-state index in [0.29, 0.717) is 9.34 Å². The van der Waals surface area contributed by atoms with Gasteiger partial charge >= 0.3 is 80.3 Å². The summed E-state index contributed by atoms with van der Waals surface area (Å²) in [4.78, 5) is 0. The van der Waals surface area contributed by atoms with Gasteiger partial charge in [0.2, 0.25) is 0 Å². The van der Waals surface area contributed by atoms with Gasteiger partial charge in [0.15, 0.2) is 0 Å². The van der Waals surface area contributed by atoms with E-state index in [1.165, 1.54) is 0 Å². The predicted molar refractivity (Wildman–Crippen MR) is 45.0 cm³/mol. The second kappa shape index (κ2) is 3.15. The molecule has 0 saturated heterocycles. The van der Waals surface area contributed by atoms with E-state index in [-0.39, 0.29) is 14.5 Å². The van der Waals surface area contributed by atoms with Crippen molar-refractivity contribution >= 4 is 38.9 Å². The van der Waals surface area contributed by atoms with E-state index in [0.717, 1.165) is 8.24 Å². The van der Waals surface area contributed by atoms with Crippen molar-refractivity contribution in [2.24, 2.45) is 7.05 Å². The van der Waals surface area contributed by atoms with Gasteiger partial charge in [-0.15, -0.1) is 0 Å². The Labute approximate surface area is 80.3 Å². The third kappa shape index (κ3) is 1.59. The normalized spacial score (nSPS) is 10.0. The second-order valence-electron chi connectivity index (χ2n) is 2.03. The zero-order valence-corrected chi connectivity index (χ0v) is 9.37. The summed E-state index contributed by atoms with van der Waals surface area (Å²) in [6.07, 6.45) is 0. The standard InChI is InChI=1S/C5H6N2OS2Se/c1-3-6(2)4(9)11-5(10)7(3)8/h1-2H3/q+1. The van der Waals surface area contributed by atoms with Gasteiger partial charge in [-0.05, 0) is 0 Å². The van der Waals surface area contributed by atoms with Crippen molar-refractivity contribution in [1.29, 1.82) is 0 Å². The van der Waals surface area contributed by atoms with Crippen LogP contribution in [-0.4, -0.2) is 19.2 Å². The first-order chi connectivity index (χ1) is 5.04. The molecule has 0 atom stereocenters. The molecule has 0 fully saturated rings. The maximum absolute atomic E-state index is 11.1. The van der Waals surface area contributed by atoms with Crippen molar-refractivity contribution in [3.63, 3.8) is 0 Å². The molecule has 0 bridgehead atoms. The van der Waals surface area contributed by atoms with E-state index in [1.807, 2.05) is 0 Å². The maximum atomic E-state index is 11.1. The third-order valence-electron chi connectivity index (χ3n) is 1.39. The summed E-state index contributed by atoms with van der Waals surface area (Å²) in [5.74, 6) is 0.563. The molecule has 3 nitrogen and oxygen atoms in total.